The molecule has 0 aromatic heterocycles. The molecule has 4 fully saturated rings. The van der Waals surface area contributed by atoms with Gasteiger partial charge in [-0.2, -0.15) is 0 Å². The zero-order chi connectivity index (χ0) is 19.9. The van der Waals surface area contributed by atoms with Gasteiger partial charge in [0.25, 0.3) is 0 Å². The van der Waals surface area contributed by atoms with Crippen molar-refractivity contribution in [3.8, 4) is 0 Å². The van der Waals surface area contributed by atoms with Gasteiger partial charge in [-0.15, -0.1) is 0 Å². The molecule has 0 unspecified atom stereocenters. The van der Waals surface area contributed by atoms with E-state index in [4.69, 9.17) is 4.74 Å². The van der Waals surface area contributed by atoms with Crippen molar-refractivity contribution in [1.82, 2.24) is 0 Å². The van der Waals surface area contributed by atoms with Crippen molar-refractivity contribution in [3.05, 3.63) is 11.6 Å². The summed E-state index contributed by atoms with van der Waals surface area (Å²) < 4.78 is 5.16. The van der Waals surface area contributed by atoms with Gasteiger partial charge in [0.2, 0.25) is 0 Å². The Kier molecular flexibility index (Phi) is 4.12. The molecule has 0 saturated heterocycles. The van der Waals surface area contributed by atoms with E-state index in [2.05, 4.69) is 6.92 Å². The third kappa shape index (κ3) is 2.27. The highest BCUT2D eigenvalue weighted by atomic mass is 16.5. The maximum absolute atomic E-state index is 12.1. The Morgan fingerprint density at radius 1 is 1.04 bits per heavy atom. The molecule has 0 bridgehead atoms. The van der Waals surface area contributed by atoms with E-state index in [9.17, 15) is 20.1 Å². The zero-order valence-electron chi connectivity index (χ0n) is 17.1. The van der Waals surface area contributed by atoms with Gasteiger partial charge in [-0.3, -0.25) is 0 Å². The lowest BCUT2D eigenvalue weighted by Crippen LogP contribution is -2.67. The van der Waals surface area contributed by atoms with Crippen molar-refractivity contribution in [2.24, 2.45) is 34.5 Å². The quantitative estimate of drug-likeness (QED) is 0.599. The number of hydrogen-bond acceptors (Lipinski definition) is 5. The van der Waals surface area contributed by atoms with Gasteiger partial charge in [0, 0.05) is 11.5 Å². The summed E-state index contributed by atoms with van der Waals surface area (Å²) in [5.41, 5.74) is -0.507. The van der Waals surface area contributed by atoms with Crippen LogP contribution in [0.2, 0.25) is 0 Å². The van der Waals surface area contributed by atoms with E-state index in [1.165, 1.54) is 0 Å². The van der Waals surface area contributed by atoms with Crippen LogP contribution in [0, 0.1) is 34.5 Å². The number of fused-ring (bicyclic) bond motifs is 5. The van der Waals surface area contributed by atoms with E-state index in [-0.39, 0.29) is 29.3 Å². The van der Waals surface area contributed by atoms with Crippen molar-refractivity contribution in [3.63, 3.8) is 0 Å². The van der Waals surface area contributed by atoms with Gasteiger partial charge in [-0.1, -0.05) is 13.8 Å². The molecular formula is C23H34O5. The van der Waals surface area contributed by atoms with Crippen LogP contribution < -0.4 is 0 Å². The molecule has 1 heterocycles. The zero-order valence-corrected chi connectivity index (χ0v) is 17.1. The number of aliphatic hydroxyl groups excluding tert-OH is 2. The second-order valence-electron chi connectivity index (χ2n) is 10.8. The highest BCUT2D eigenvalue weighted by Crippen LogP contribution is 2.69. The number of esters is 1. The fourth-order valence-electron chi connectivity index (χ4n) is 8.37. The van der Waals surface area contributed by atoms with Gasteiger partial charge < -0.3 is 20.1 Å². The molecule has 156 valence electrons. The molecule has 5 nitrogen and oxygen atoms in total. The fourth-order valence-corrected chi connectivity index (χ4v) is 8.37. The summed E-state index contributed by atoms with van der Waals surface area (Å²) in [4.78, 5) is 11.6. The van der Waals surface area contributed by atoms with Crippen molar-refractivity contribution in [2.45, 2.75) is 83.0 Å². The van der Waals surface area contributed by atoms with E-state index < -0.39 is 17.1 Å². The summed E-state index contributed by atoms with van der Waals surface area (Å²) in [5, 5.41) is 33.7. The minimum atomic E-state index is -0.906. The standard InChI is InChI=1S/C23H34O5/c1-21-7-5-15(24)10-14(21)3-4-17-18(21)11-19(25)22(2)16(6-8-23(17,22)27)13-9-20(26)28-12-13/h9,14-19,24-25,27H,3-8,10-12H2,1-2H3/t14-,15+,16-,17-,18+,19-,21+,22+,23-/m1/s1. The van der Waals surface area contributed by atoms with Crippen LogP contribution in [0.1, 0.15) is 65.2 Å². The number of cyclic esters (lactones) is 1. The second kappa shape index (κ2) is 6.05. The Morgan fingerprint density at radius 2 is 1.82 bits per heavy atom. The van der Waals surface area contributed by atoms with E-state index in [1.54, 1.807) is 6.08 Å². The minimum Gasteiger partial charge on any atom is -0.458 e. The molecule has 1 aliphatic heterocycles. The number of aliphatic hydroxyl groups is 3. The van der Waals surface area contributed by atoms with Crippen molar-refractivity contribution in [1.29, 1.82) is 0 Å². The van der Waals surface area contributed by atoms with Crippen LogP contribution in [0.3, 0.4) is 0 Å². The Hall–Kier alpha value is -0.910. The normalized spacial score (nSPS) is 55.8. The van der Waals surface area contributed by atoms with Gasteiger partial charge in [0.05, 0.1) is 17.8 Å². The number of carbonyl (C=O) groups is 1. The molecule has 0 radical (unpaired) electrons. The highest BCUT2D eigenvalue weighted by Gasteiger charge is 2.70. The van der Waals surface area contributed by atoms with Crippen LogP contribution in [-0.4, -0.2) is 45.7 Å². The highest BCUT2D eigenvalue weighted by molar-refractivity contribution is 5.85. The van der Waals surface area contributed by atoms with Gasteiger partial charge in [0.15, 0.2) is 0 Å². The van der Waals surface area contributed by atoms with Crippen LogP contribution in [0.4, 0.5) is 0 Å². The lowest BCUT2D eigenvalue weighted by molar-refractivity contribution is -0.244. The summed E-state index contributed by atoms with van der Waals surface area (Å²) in [6.07, 6.45) is 7.69. The summed E-state index contributed by atoms with van der Waals surface area (Å²) in [7, 11) is 0. The predicted octanol–water partition coefficient (Wildman–Crippen LogP) is 2.58. The lowest BCUT2D eigenvalue weighted by Gasteiger charge is -2.64. The first kappa shape index (κ1) is 19.1. The number of rotatable bonds is 1. The lowest BCUT2D eigenvalue weighted by atomic mass is 9.42. The molecule has 0 aromatic rings. The average molecular weight is 391 g/mol. The first-order valence-corrected chi connectivity index (χ1v) is 11.2. The van der Waals surface area contributed by atoms with Crippen LogP contribution in [0.25, 0.3) is 0 Å². The van der Waals surface area contributed by atoms with E-state index in [1.807, 2.05) is 6.92 Å². The van der Waals surface area contributed by atoms with Crippen LogP contribution in [-0.2, 0) is 9.53 Å². The van der Waals surface area contributed by atoms with Crippen molar-refractivity contribution in [2.75, 3.05) is 6.61 Å². The molecule has 0 amide bonds. The van der Waals surface area contributed by atoms with Crippen LogP contribution in [0.5, 0.6) is 0 Å². The fraction of sp³-hybridized carbons (Fsp3) is 0.870. The molecule has 9 atom stereocenters. The van der Waals surface area contributed by atoms with Crippen molar-refractivity contribution >= 4 is 5.97 Å². The maximum Gasteiger partial charge on any atom is 0.331 e. The Labute approximate surface area is 167 Å². The Morgan fingerprint density at radius 3 is 2.54 bits per heavy atom. The topological polar surface area (TPSA) is 87.0 Å². The Bertz CT molecular complexity index is 718. The van der Waals surface area contributed by atoms with Gasteiger partial charge >= 0.3 is 5.97 Å². The molecule has 4 saturated carbocycles. The molecule has 28 heavy (non-hydrogen) atoms. The molecule has 3 N–H and O–H groups in total. The molecular weight excluding hydrogens is 356 g/mol. The van der Waals surface area contributed by atoms with Gasteiger partial charge in [-0.05, 0) is 86.0 Å². The third-order valence-electron chi connectivity index (χ3n) is 10.0. The minimum absolute atomic E-state index is 0.00129. The van der Waals surface area contributed by atoms with Crippen molar-refractivity contribution < 1.29 is 24.9 Å². The summed E-state index contributed by atoms with van der Waals surface area (Å²) >= 11 is 0. The number of carbonyl (C=O) groups excluding carboxylic acids is 1. The van der Waals surface area contributed by atoms with Crippen LogP contribution in [0.15, 0.2) is 11.6 Å². The molecule has 4 aliphatic carbocycles. The third-order valence-corrected chi connectivity index (χ3v) is 10.0. The first-order chi connectivity index (χ1) is 13.2. The van der Waals surface area contributed by atoms with E-state index in [0.717, 1.165) is 44.1 Å². The predicted molar refractivity (Wildman–Crippen MR) is 103 cm³/mol. The number of hydrogen-bond donors (Lipinski definition) is 3. The maximum atomic E-state index is 12.1. The molecule has 0 aromatic carbocycles. The first-order valence-electron chi connectivity index (χ1n) is 11.2. The summed E-state index contributed by atoms with van der Waals surface area (Å²) in [6, 6.07) is 0. The van der Waals surface area contributed by atoms with Crippen LogP contribution >= 0.6 is 0 Å². The largest absolute Gasteiger partial charge is 0.458 e. The SMILES string of the molecule is C[C@]12CC[C@H](O)C[C@H]1CC[C@@H]1[C@@H]2C[C@@H](O)[C@]2(C)[C@@H](C3=CC(=O)OC3)CC[C@@]12O. The molecule has 5 heteroatoms. The average Bonchev–Trinajstić information content (AvgIpc) is 3.19. The Balaban J connectivity index is 1.51. The smallest absolute Gasteiger partial charge is 0.331 e. The number of ether oxygens (including phenoxy) is 1. The molecule has 5 rings (SSSR count). The molecule has 0 spiro atoms. The summed E-state index contributed by atoms with van der Waals surface area (Å²) in [5.74, 6) is 0.657. The summed E-state index contributed by atoms with van der Waals surface area (Å²) in [6.45, 7) is 4.69. The second-order valence-corrected chi connectivity index (χ2v) is 10.8. The molecule has 5 aliphatic rings. The van der Waals surface area contributed by atoms with E-state index >= 15 is 0 Å². The monoisotopic (exact) mass is 390 g/mol. The van der Waals surface area contributed by atoms with Gasteiger partial charge in [0.1, 0.15) is 6.61 Å². The van der Waals surface area contributed by atoms with E-state index in [0.29, 0.717) is 31.3 Å². The van der Waals surface area contributed by atoms with Gasteiger partial charge in [-0.25, -0.2) is 4.79 Å².